The van der Waals surface area contributed by atoms with E-state index in [4.69, 9.17) is 4.42 Å². The van der Waals surface area contributed by atoms with Gasteiger partial charge in [0.1, 0.15) is 11.5 Å². The zero-order chi connectivity index (χ0) is 15.3. The molecule has 1 rings (SSSR count). The maximum Gasteiger partial charge on any atom is 0.339 e. The van der Waals surface area contributed by atoms with E-state index in [9.17, 15) is 9.90 Å². The first kappa shape index (κ1) is 17.8. The number of aromatic hydroxyl groups is 1. The van der Waals surface area contributed by atoms with Gasteiger partial charge in [-0.25, -0.2) is 4.79 Å². The summed E-state index contributed by atoms with van der Waals surface area (Å²) in [7, 11) is 0. The van der Waals surface area contributed by atoms with Crippen LogP contribution in [-0.4, -0.2) is 5.11 Å². The van der Waals surface area contributed by atoms with Gasteiger partial charge in [0.15, 0.2) is 0 Å². The fourth-order valence-electron chi connectivity index (χ4n) is 2.60. The lowest BCUT2D eigenvalue weighted by molar-refractivity contribution is 0.418. The van der Waals surface area contributed by atoms with Gasteiger partial charge < -0.3 is 9.52 Å². The molecule has 0 bridgehead atoms. The first-order valence-electron chi connectivity index (χ1n) is 8.55. The molecule has 0 saturated carbocycles. The number of aryl methyl sites for hydroxylation is 1. The molecule has 0 unspecified atom stereocenters. The lowest BCUT2D eigenvalue weighted by atomic mass is 10.0. The maximum absolute atomic E-state index is 11.1. The summed E-state index contributed by atoms with van der Waals surface area (Å²) < 4.78 is 5.03. The lowest BCUT2D eigenvalue weighted by Gasteiger charge is -2.03. The number of unbranched alkanes of at least 4 members (excludes halogenated alkanes) is 10. The van der Waals surface area contributed by atoms with Crippen molar-refractivity contribution in [3.8, 4) is 5.75 Å². The zero-order valence-electron chi connectivity index (χ0n) is 13.4. The van der Waals surface area contributed by atoms with Crippen LogP contribution in [0.15, 0.2) is 21.3 Å². The van der Waals surface area contributed by atoms with E-state index >= 15 is 0 Å². The molecule has 0 aliphatic heterocycles. The lowest BCUT2D eigenvalue weighted by Crippen LogP contribution is -1.98. The van der Waals surface area contributed by atoms with E-state index in [1.165, 1.54) is 63.9 Å². The molecule has 1 heterocycles. The predicted octanol–water partition coefficient (Wildman–Crippen LogP) is 5.20. The van der Waals surface area contributed by atoms with Gasteiger partial charge in [-0.2, -0.15) is 0 Å². The van der Waals surface area contributed by atoms with Crippen LogP contribution < -0.4 is 5.63 Å². The van der Waals surface area contributed by atoms with Crippen molar-refractivity contribution in [1.29, 1.82) is 0 Å². The Bertz CT molecular complexity index is 423. The molecule has 0 aliphatic carbocycles. The Labute approximate surface area is 128 Å². The van der Waals surface area contributed by atoms with Gasteiger partial charge >= 0.3 is 5.63 Å². The van der Waals surface area contributed by atoms with Crippen LogP contribution in [0.2, 0.25) is 0 Å². The average Bonchev–Trinajstić information content (AvgIpc) is 2.44. The van der Waals surface area contributed by atoms with Crippen molar-refractivity contribution in [3.05, 3.63) is 28.3 Å². The van der Waals surface area contributed by atoms with Crippen molar-refractivity contribution in [2.24, 2.45) is 0 Å². The molecular formula is C18H30O3. The molecule has 0 radical (unpaired) electrons. The van der Waals surface area contributed by atoms with Crippen molar-refractivity contribution >= 4 is 0 Å². The fourth-order valence-corrected chi connectivity index (χ4v) is 2.60. The minimum atomic E-state index is -0.465. The summed E-state index contributed by atoms with van der Waals surface area (Å²) in [5.74, 6) is 0.597. The summed E-state index contributed by atoms with van der Waals surface area (Å²) in [5, 5.41) is 9.31. The number of rotatable bonds is 12. The normalized spacial score (nSPS) is 10.9. The molecule has 21 heavy (non-hydrogen) atoms. The first-order chi connectivity index (χ1) is 10.2. The standard InChI is InChI=1S/C18H30O3/c1-2-3-4-5-6-7-8-9-10-11-12-13-17-14-16(19)15-18(20)21-17/h14-15,19H,2-13H2,1H3. The highest BCUT2D eigenvalue weighted by Gasteiger charge is 2.00. The van der Waals surface area contributed by atoms with E-state index < -0.39 is 5.63 Å². The van der Waals surface area contributed by atoms with Gasteiger partial charge in [-0.05, 0) is 6.42 Å². The molecule has 0 aromatic carbocycles. The Hall–Kier alpha value is -1.25. The maximum atomic E-state index is 11.1. The molecule has 0 aliphatic rings. The van der Waals surface area contributed by atoms with Crippen LogP contribution in [0.1, 0.15) is 83.3 Å². The van der Waals surface area contributed by atoms with Crippen LogP contribution in [0.4, 0.5) is 0 Å². The monoisotopic (exact) mass is 294 g/mol. The smallest absolute Gasteiger partial charge is 0.339 e. The van der Waals surface area contributed by atoms with Crippen molar-refractivity contribution < 1.29 is 9.52 Å². The van der Waals surface area contributed by atoms with E-state index in [-0.39, 0.29) is 5.75 Å². The summed E-state index contributed by atoms with van der Waals surface area (Å²) in [6.45, 7) is 2.25. The number of hydrogen-bond donors (Lipinski definition) is 1. The van der Waals surface area contributed by atoms with Gasteiger partial charge in [-0.15, -0.1) is 0 Å². The highest BCUT2D eigenvalue weighted by atomic mass is 16.4. The Balaban J connectivity index is 1.94. The third-order valence-electron chi connectivity index (χ3n) is 3.83. The molecule has 3 heteroatoms. The van der Waals surface area contributed by atoms with E-state index in [1.807, 2.05) is 0 Å². The third-order valence-corrected chi connectivity index (χ3v) is 3.83. The van der Waals surface area contributed by atoms with E-state index in [0.717, 1.165) is 25.3 Å². The van der Waals surface area contributed by atoms with Crippen LogP contribution in [0.3, 0.4) is 0 Å². The summed E-state index contributed by atoms with van der Waals surface area (Å²) >= 11 is 0. The quantitative estimate of drug-likeness (QED) is 0.539. The summed E-state index contributed by atoms with van der Waals surface area (Å²) in [5.41, 5.74) is -0.465. The van der Waals surface area contributed by atoms with Gasteiger partial charge in [0.2, 0.25) is 0 Å². The van der Waals surface area contributed by atoms with Gasteiger partial charge in [0.05, 0.1) is 6.07 Å². The predicted molar refractivity (Wildman–Crippen MR) is 86.8 cm³/mol. The second-order valence-electron chi connectivity index (χ2n) is 5.89. The van der Waals surface area contributed by atoms with Crippen LogP contribution in [-0.2, 0) is 6.42 Å². The molecule has 0 saturated heterocycles. The van der Waals surface area contributed by atoms with Gasteiger partial charge in [0, 0.05) is 12.5 Å². The highest BCUT2D eigenvalue weighted by molar-refractivity contribution is 5.18. The summed E-state index contributed by atoms with van der Waals surface area (Å²) in [6, 6.07) is 2.64. The Kier molecular flexibility index (Phi) is 9.68. The van der Waals surface area contributed by atoms with Crippen molar-refractivity contribution in [2.45, 2.75) is 84.0 Å². The number of hydrogen-bond acceptors (Lipinski definition) is 3. The van der Waals surface area contributed by atoms with E-state index in [0.29, 0.717) is 5.76 Å². The molecule has 1 aromatic rings. The van der Waals surface area contributed by atoms with Crippen molar-refractivity contribution in [2.75, 3.05) is 0 Å². The van der Waals surface area contributed by atoms with Crippen molar-refractivity contribution in [1.82, 2.24) is 0 Å². The van der Waals surface area contributed by atoms with Gasteiger partial charge in [-0.1, -0.05) is 71.1 Å². The topological polar surface area (TPSA) is 50.4 Å². The second-order valence-corrected chi connectivity index (χ2v) is 5.89. The Morgan fingerprint density at radius 3 is 1.90 bits per heavy atom. The molecule has 3 nitrogen and oxygen atoms in total. The SMILES string of the molecule is CCCCCCCCCCCCCc1cc(O)cc(=O)o1. The van der Waals surface area contributed by atoms with Crippen LogP contribution in [0, 0.1) is 0 Å². The minimum Gasteiger partial charge on any atom is -0.508 e. The Morgan fingerprint density at radius 1 is 0.857 bits per heavy atom. The van der Waals surface area contributed by atoms with Crippen LogP contribution in [0.25, 0.3) is 0 Å². The second kappa shape index (κ2) is 11.4. The van der Waals surface area contributed by atoms with E-state index in [1.54, 1.807) is 0 Å². The van der Waals surface area contributed by atoms with Crippen LogP contribution >= 0.6 is 0 Å². The molecule has 0 amide bonds. The zero-order valence-corrected chi connectivity index (χ0v) is 13.4. The molecule has 1 N–H and O–H groups in total. The summed E-state index contributed by atoms with van der Waals surface area (Å²) in [6.07, 6.45) is 15.0. The van der Waals surface area contributed by atoms with Crippen molar-refractivity contribution in [3.63, 3.8) is 0 Å². The molecule has 1 aromatic heterocycles. The first-order valence-corrected chi connectivity index (χ1v) is 8.55. The van der Waals surface area contributed by atoms with Gasteiger partial charge in [-0.3, -0.25) is 0 Å². The molecule has 0 atom stereocenters. The molecular weight excluding hydrogens is 264 g/mol. The Morgan fingerprint density at radius 2 is 1.38 bits per heavy atom. The fraction of sp³-hybridized carbons (Fsp3) is 0.722. The molecule has 120 valence electrons. The third kappa shape index (κ3) is 9.33. The average molecular weight is 294 g/mol. The van der Waals surface area contributed by atoms with Gasteiger partial charge in [0.25, 0.3) is 0 Å². The van der Waals surface area contributed by atoms with E-state index in [2.05, 4.69) is 6.92 Å². The largest absolute Gasteiger partial charge is 0.508 e. The van der Waals surface area contributed by atoms with Crippen LogP contribution in [0.5, 0.6) is 5.75 Å². The molecule has 0 spiro atoms. The summed E-state index contributed by atoms with van der Waals surface area (Å²) in [4.78, 5) is 11.1. The molecule has 0 fully saturated rings. The minimum absolute atomic E-state index is 0.00400. The highest BCUT2D eigenvalue weighted by Crippen LogP contribution is 2.14.